The van der Waals surface area contributed by atoms with Crippen molar-refractivity contribution in [1.82, 2.24) is 0 Å². The highest BCUT2D eigenvalue weighted by Gasteiger charge is 2.21. The Morgan fingerprint density at radius 3 is 1.83 bits per heavy atom. The third kappa shape index (κ3) is 4.89. The van der Waals surface area contributed by atoms with Gasteiger partial charge in [0, 0.05) is 11.1 Å². The second-order valence-electron chi connectivity index (χ2n) is 7.74. The monoisotopic (exact) mass is 480 g/mol. The topological polar surface area (TPSA) is 35.5 Å². The molecule has 0 aliphatic rings. The molecule has 4 rings (SSSR count). The van der Waals surface area contributed by atoms with Crippen LogP contribution in [-0.2, 0) is 0 Å². The molecule has 4 aromatic carbocycles. The van der Waals surface area contributed by atoms with Crippen LogP contribution in [0, 0.1) is 30.2 Å². The number of aryl methyl sites for hydroxylation is 1. The summed E-state index contributed by atoms with van der Waals surface area (Å²) in [4.78, 5) is 12.5. The zero-order valence-electron chi connectivity index (χ0n) is 18.9. The van der Waals surface area contributed by atoms with Gasteiger partial charge in [-0.05, 0) is 55.3 Å². The second-order valence-corrected chi connectivity index (χ2v) is 7.74. The van der Waals surface area contributed by atoms with Crippen LogP contribution in [-0.4, -0.2) is 12.6 Å². The minimum absolute atomic E-state index is 0.0105. The van der Waals surface area contributed by atoms with E-state index in [1.54, 1.807) is 31.2 Å². The minimum Gasteiger partial charge on any atom is -0.491 e. The first-order valence-corrected chi connectivity index (χ1v) is 10.8. The van der Waals surface area contributed by atoms with Crippen molar-refractivity contribution in [3.8, 4) is 33.8 Å². The van der Waals surface area contributed by atoms with Gasteiger partial charge in [0.1, 0.15) is 5.75 Å². The smallest absolute Gasteiger partial charge is 0.346 e. The number of hydrogen-bond acceptors (Lipinski definition) is 3. The standard InChI is InChI=1S/C28H20F4O3/c1-3-34-23-15-14-21(25(30)27(23)32)18-8-10-19(11-9-18)35-28(33)22-13-12-20(24(29)26(22)31)17-6-4-16(2)5-7-17/h4-15H,3H2,1-2H3. The average molecular weight is 480 g/mol. The Bertz CT molecular complexity index is 1380. The summed E-state index contributed by atoms with van der Waals surface area (Å²) in [5.41, 5.74) is 1.21. The molecule has 0 aliphatic carbocycles. The first-order valence-electron chi connectivity index (χ1n) is 10.8. The van der Waals surface area contributed by atoms with Crippen LogP contribution in [0.1, 0.15) is 22.8 Å². The highest BCUT2D eigenvalue weighted by atomic mass is 19.2. The Morgan fingerprint density at radius 2 is 1.23 bits per heavy atom. The Labute approximate surface area is 199 Å². The van der Waals surface area contributed by atoms with E-state index in [0.29, 0.717) is 11.1 Å². The molecule has 0 aliphatic heterocycles. The second kappa shape index (κ2) is 10.0. The number of benzene rings is 4. The van der Waals surface area contributed by atoms with Gasteiger partial charge in [0.15, 0.2) is 23.2 Å². The summed E-state index contributed by atoms with van der Waals surface area (Å²) in [6, 6.07) is 17.5. The number of rotatable bonds is 6. The number of hydrogen-bond donors (Lipinski definition) is 0. The molecule has 0 radical (unpaired) electrons. The molecule has 4 aromatic rings. The zero-order chi connectivity index (χ0) is 25.1. The summed E-state index contributed by atoms with van der Waals surface area (Å²) in [6.07, 6.45) is 0. The number of ether oxygens (including phenoxy) is 2. The van der Waals surface area contributed by atoms with Gasteiger partial charge in [0.2, 0.25) is 5.82 Å². The molecular formula is C28H20F4O3. The molecule has 178 valence electrons. The molecule has 0 aromatic heterocycles. The van der Waals surface area contributed by atoms with Crippen molar-refractivity contribution < 1.29 is 31.8 Å². The van der Waals surface area contributed by atoms with E-state index in [1.165, 1.54) is 42.5 Å². The van der Waals surface area contributed by atoms with Crippen LogP contribution >= 0.6 is 0 Å². The summed E-state index contributed by atoms with van der Waals surface area (Å²) in [7, 11) is 0. The lowest BCUT2D eigenvalue weighted by atomic mass is 10.0. The maximum Gasteiger partial charge on any atom is 0.346 e. The van der Waals surface area contributed by atoms with Crippen LogP contribution in [0.5, 0.6) is 11.5 Å². The van der Waals surface area contributed by atoms with Crippen molar-refractivity contribution in [1.29, 1.82) is 0 Å². The van der Waals surface area contributed by atoms with Crippen LogP contribution in [0.2, 0.25) is 0 Å². The van der Waals surface area contributed by atoms with Crippen molar-refractivity contribution >= 4 is 5.97 Å². The first kappa shape index (κ1) is 24.0. The lowest BCUT2D eigenvalue weighted by Gasteiger charge is -2.11. The van der Waals surface area contributed by atoms with Crippen molar-refractivity contribution in [3.05, 3.63) is 107 Å². The molecule has 3 nitrogen and oxygen atoms in total. The third-order valence-electron chi connectivity index (χ3n) is 5.39. The van der Waals surface area contributed by atoms with E-state index in [2.05, 4.69) is 0 Å². The predicted octanol–water partition coefficient (Wildman–Crippen LogP) is 7.50. The molecule has 0 N–H and O–H groups in total. The molecule has 0 atom stereocenters. The zero-order valence-corrected chi connectivity index (χ0v) is 18.9. The van der Waals surface area contributed by atoms with Crippen LogP contribution in [0.25, 0.3) is 22.3 Å². The van der Waals surface area contributed by atoms with Crippen LogP contribution < -0.4 is 9.47 Å². The van der Waals surface area contributed by atoms with Crippen molar-refractivity contribution in [3.63, 3.8) is 0 Å². The normalized spacial score (nSPS) is 10.8. The van der Waals surface area contributed by atoms with E-state index in [0.717, 1.165) is 11.6 Å². The molecule has 0 unspecified atom stereocenters. The SMILES string of the molecule is CCOc1ccc(-c2ccc(OC(=O)c3ccc(-c4ccc(C)cc4)c(F)c3F)cc2)c(F)c1F. The molecule has 7 heteroatoms. The number of carbonyl (C=O) groups excluding carboxylic acids is 1. The Morgan fingerprint density at radius 1 is 0.686 bits per heavy atom. The van der Waals surface area contributed by atoms with Gasteiger partial charge in [-0.15, -0.1) is 0 Å². The van der Waals surface area contributed by atoms with Gasteiger partial charge in [0.25, 0.3) is 0 Å². The lowest BCUT2D eigenvalue weighted by Crippen LogP contribution is -2.12. The van der Waals surface area contributed by atoms with Gasteiger partial charge in [0.05, 0.1) is 12.2 Å². The van der Waals surface area contributed by atoms with Gasteiger partial charge in [-0.2, -0.15) is 4.39 Å². The molecule has 0 fully saturated rings. The first-order chi connectivity index (χ1) is 16.8. The molecular weight excluding hydrogens is 460 g/mol. The molecule has 0 spiro atoms. The average Bonchev–Trinajstić information content (AvgIpc) is 2.85. The Hall–Kier alpha value is -4.13. The summed E-state index contributed by atoms with van der Waals surface area (Å²) in [5.74, 6) is -5.93. The van der Waals surface area contributed by atoms with E-state index in [4.69, 9.17) is 9.47 Å². The van der Waals surface area contributed by atoms with E-state index in [1.807, 2.05) is 6.92 Å². The van der Waals surface area contributed by atoms with Gasteiger partial charge in [-0.25, -0.2) is 18.0 Å². The highest BCUT2D eigenvalue weighted by molar-refractivity contribution is 5.92. The fourth-order valence-corrected chi connectivity index (χ4v) is 3.55. The summed E-state index contributed by atoms with van der Waals surface area (Å²) >= 11 is 0. The molecule has 0 bridgehead atoms. The van der Waals surface area contributed by atoms with E-state index in [-0.39, 0.29) is 29.2 Å². The fourth-order valence-electron chi connectivity index (χ4n) is 3.55. The number of carbonyl (C=O) groups is 1. The van der Waals surface area contributed by atoms with Crippen molar-refractivity contribution in [2.45, 2.75) is 13.8 Å². The van der Waals surface area contributed by atoms with Crippen LogP contribution in [0.15, 0.2) is 72.8 Å². The molecule has 0 saturated heterocycles. The molecule has 0 heterocycles. The van der Waals surface area contributed by atoms with Crippen molar-refractivity contribution in [2.24, 2.45) is 0 Å². The largest absolute Gasteiger partial charge is 0.491 e. The maximum atomic E-state index is 14.7. The van der Waals surface area contributed by atoms with Crippen LogP contribution in [0.3, 0.4) is 0 Å². The van der Waals surface area contributed by atoms with E-state index < -0.39 is 34.8 Å². The summed E-state index contributed by atoms with van der Waals surface area (Å²) in [5, 5.41) is 0. The highest BCUT2D eigenvalue weighted by Crippen LogP contribution is 2.31. The van der Waals surface area contributed by atoms with Crippen LogP contribution in [0.4, 0.5) is 17.6 Å². The van der Waals surface area contributed by atoms with Crippen molar-refractivity contribution in [2.75, 3.05) is 6.61 Å². The molecule has 0 amide bonds. The lowest BCUT2D eigenvalue weighted by molar-refractivity contribution is 0.0728. The maximum absolute atomic E-state index is 14.7. The Kier molecular flexibility index (Phi) is 6.87. The van der Waals surface area contributed by atoms with E-state index >= 15 is 0 Å². The summed E-state index contributed by atoms with van der Waals surface area (Å²) < 4.78 is 68.2. The van der Waals surface area contributed by atoms with Gasteiger partial charge >= 0.3 is 5.97 Å². The number of esters is 1. The number of halogens is 4. The fraction of sp³-hybridized carbons (Fsp3) is 0.107. The van der Waals surface area contributed by atoms with Gasteiger partial charge < -0.3 is 9.47 Å². The molecule has 0 saturated carbocycles. The summed E-state index contributed by atoms with van der Waals surface area (Å²) in [6.45, 7) is 3.72. The minimum atomic E-state index is -1.32. The molecule has 35 heavy (non-hydrogen) atoms. The predicted molar refractivity (Wildman–Crippen MR) is 124 cm³/mol. The van der Waals surface area contributed by atoms with Gasteiger partial charge in [-0.1, -0.05) is 48.0 Å². The third-order valence-corrected chi connectivity index (χ3v) is 5.39. The van der Waals surface area contributed by atoms with Gasteiger partial charge in [-0.3, -0.25) is 0 Å². The van der Waals surface area contributed by atoms with E-state index in [9.17, 15) is 22.4 Å². The quantitative estimate of drug-likeness (QED) is 0.163. The Balaban J connectivity index is 1.54.